The second-order valence-electron chi connectivity index (χ2n) is 19.2. The van der Waals surface area contributed by atoms with Gasteiger partial charge in [0.1, 0.15) is 13.2 Å². The fraction of sp³-hybridized carbons (Fsp3) is 0.946. The lowest BCUT2D eigenvalue weighted by Crippen LogP contribution is -2.30. The molecule has 0 amide bonds. The molecule has 0 aromatic carbocycles. The average molecular weight is 877 g/mol. The number of hydrogen-bond acceptors (Lipinski definition) is 6. The molecule has 0 N–H and O–H groups in total. The summed E-state index contributed by atoms with van der Waals surface area (Å²) < 4.78 is 16.9. The Hall–Kier alpha value is -1.59. The molecule has 0 fully saturated rings. The molecule has 0 aromatic rings. The van der Waals surface area contributed by atoms with Gasteiger partial charge in [-0.15, -0.1) is 0 Å². The van der Waals surface area contributed by atoms with Crippen LogP contribution in [0.1, 0.15) is 323 Å². The third-order valence-electron chi connectivity index (χ3n) is 12.9. The zero-order valence-electron chi connectivity index (χ0n) is 42.2. The first-order chi connectivity index (χ1) is 30.5. The molecule has 0 saturated carbocycles. The highest BCUT2D eigenvalue weighted by Gasteiger charge is 2.19. The Kier molecular flexibility index (Phi) is 50.7. The Morgan fingerprint density at radius 2 is 0.435 bits per heavy atom. The maximum atomic E-state index is 12.8. The van der Waals surface area contributed by atoms with Gasteiger partial charge in [-0.3, -0.25) is 14.4 Å². The molecule has 6 heteroatoms. The normalized spacial score (nSPS) is 11.9. The summed E-state index contributed by atoms with van der Waals surface area (Å²) in [6, 6.07) is 0. The second kappa shape index (κ2) is 52.0. The molecule has 0 unspecified atom stereocenters. The molecule has 6 nitrogen and oxygen atoms in total. The Morgan fingerprint density at radius 3 is 0.645 bits per heavy atom. The molecule has 0 saturated heterocycles. The predicted octanol–water partition coefficient (Wildman–Crippen LogP) is 18.4. The van der Waals surface area contributed by atoms with Crippen LogP contribution < -0.4 is 0 Å². The SMILES string of the molecule is CCCCCCCCCCCCCCCCCCC(=O)OC[C@@H](COC(=O)CCCCCCCCCCCCCCCCC)OC(=O)CCCCCCCCCCCCCCC. The molecular weight excluding hydrogens is 769 g/mol. The number of ether oxygens (including phenoxy) is 3. The van der Waals surface area contributed by atoms with Crippen molar-refractivity contribution in [2.45, 2.75) is 329 Å². The van der Waals surface area contributed by atoms with Gasteiger partial charge in [0.2, 0.25) is 0 Å². The van der Waals surface area contributed by atoms with Crippen molar-refractivity contribution in [2.75, 3.05) is 13.2 Å². The third kappa shape index (κ3) is 49.4. The maximum Gasteiger partial charge on any atom is 0.306 e. The van der Waals surface area contributed by atoms with Crippen LogP contribution in [0.5, 0.6) is 0 Å². The third-order valence-corrected chi connectivity index (χ3v) is 12.9. The molecule has 1 atom stereocenters. The van der Waals surface area contributed by atoms with Crippen LogP contribution >= 0.6 is 0 Å². The van der Waals surface area contributed by atoms with E-state index in [9.17, 15) is 14.4 Å². The van der Waals surface area contributed by atoms with E-state index < -0.39 is 6.10 Å². The van der Waals surface area contributed by atoms with E-state index in [1.807, 2.05) is 0 Å². The summed E-state index contributed by atoms with van der Waals surface area (Å²) >= 11 is 0. The van der Waals surface area contributed by atoms with E-state index in [0.29, 0.717) is 19.3 Å². The molecule has 368 valence electrons. The van der Waals surface area contributed by atoms with Gasteiger partial charge in [-0.2, -0.15) is 0 Å². The quantitative estimate of drug-likeness (QED) is 0.0344. The van der Waals surface area contributed by atoms with Gasteiger partial charge in [0.15, 0.2) is 6.10 Å². The highest BCUT2D eigenvalue weighted by atomic mass is 16.6. The molecular formula is C56H108O6. The van der Waals surface area contributed by atoms with Crippen LogP contribution in [0.4, 0.5) is 0 Å². The molecule has 0 aromatic heterocycles. The van der Waals surface area contributed by atoms with Crippen molar-refractivity contribution in [1.82, 2.24) is 0 Å². The van der Waals surface area contributed by atoms with Crippen LogP contribution in [0, 0.1) is 0 Å². The van der Waals surface area contributed by atoms with Gasteiger partial charge in [0.05, 0.1) is 0 Å². The number of carbonyl (C=O) groups excluding carboxylic acids is 3. The molecule has 0 spiro atoms. The molecule has 0 aliphatic rings. The number of esters is 3. The van der Waals surface area contributed by atoms with E-state index >= 15 is 0 Å². The summed E-state index contributed by atoms with van der Waals surface area (Å²) in [6.07, 6.45) is 56.6. The first-order valence-electron chi connectivity index (χ1n) is 28.0. The van der Waals surface area contributed by atoms with E-state index in [0.717, 1.165) is 57.8 Å². The Balaban J connectivity index is 4.28. The van der Waals surface area contributed by atoms with Crippen LogP contribution in [0.3, 0.4) is 0 Å². The van der Waals surface area contributed by atoms with Gasteiger partial charge in [-0.1, -0.05) is 284 Å². The van der Waals surface area contributed by atoms with E-state index in [1.165, 1.54) is 225 Å². The zero-order valence-corrected chi connectivity index (χ0v) is 42.2. The van der Waals surface area contributed by atoms with Gasteiger partial charge >= 0.3 is 17.9 Å². The van der Waals surface area contributed by atoms with Crippen LogP contribution in [0.25, 0.3) is 0 Å². The predicted molar refractivity (Wildman–Crippen MR) is 266 cm³/mol. The summed E-state index contributed by atoms with van der Waals surface area (Å²) in [5, 5.41) is 0. The van der Waals surface area contributed by atoms with Gasteiger partial charge in [0.25, 0.3) is 0 Å². The van der Waals surface area contributed by atoms with Crippen molar-refractivity contribution >= 4 is 17.9 Å². The van der Waals surface area contributed by atoms with Crippen molar-refractivity contribution in [1.29, 1.82) is 0 Å². The maximum absolute atomic E-state index is 12.8. The van der Waals surface area contributed by atoms with Crippen LogP contribution in [-0.4, -0.2) is 37.2 Å². The van der Waals surface area contributed by atoms with Crippen molar-refractivity contribution in [3.63, 3.8) is 0 Å². The Labute approximate surface area is 387 Å². The molecule has 0 aliphatic carbocycles. The smallest absolute Gasteiger partial charge is 0.306 e. The highest BCUT2D eigenvalue weighted by Crippen LogP contribution is 2.17. The van der Waals surface area contributed by atoms with Gasteiger partial charge < -0.3 is 14.2 Å². The Morgan fingerprint density at radius 1 is 0.258 bits per heavy atom. The summed E-state index contributed by atoms with van der Waals surface area (Å²) in [7, 11) is 0. The summed E-state index contributed by atoms with van der Waals surface area (Å²) in [6.45, 7) is 6.70. The number of unbranched alkanes of at least 4 members (excludes halogenated alkanes) is 41. The fourth-order valence-electron chi connectivity index (χ4n) is 8.62. The molecule has 0 aliphatic heterocycles. The number of hydrogen-bond donors (Lipinski definition) is 0. The van der Waals surface area contributed by atoms with Crippen LogP contribution in [0.15, 0.2) is 0 Å². The topological polar surface area (TPSA) is 78.9 Å². The lowest BCUT2D eigenvalue weighted by Gasteiger charge is -2.18. The van der Waals surface area contributed by atoms with E-state index in [2.05, 4.69) is 20.8 Å². The Bertz CT molecular complexity index is 920. The lowest BCUT2D eigenvalue weighted by atomic mass is 10.0. The highest BCUT2D eigenvalue weighted by molar-refractivity contribution is 5.71. The molecule has 62 heavy (non-hydrogen) atoms. The van der Waals surface area contributed by atoms with Gasteiger partial charge in [-0.25, -0.2) is 0 Å². The summed E-state index contributed by atoms with van der Waals surface area (Å²) in [4.78, 5) is 38.1. The van der Waals surface area contributed by atoms with Crippen molar-refractivity contribution < 1.29 is 28.6 Å². The van der Waals surface area contributed by atoms with Gasteiger partial charge in [-0.05, 0) is 19.3 Å². The lowest BCUT2D eigenvalue weighted by molar-refractivity contribution is -0.167. The summed E-state index contributed by atoms with van der Waals surface area (Å²) in [5.74, 6) is -0.834. The first kappa shape index (κ1) is 60.4. The molecule has 0 radical (unpaired) electrons. The van der Waals surface area contributed by atoms with Crippen molar-refractivity contribution in [3.8, 4) is 0 Å². The first-order valence-corrected chi connectivity index (χ1v) is 28.0. The summed E-state index contributed by atoms with van der Waals surface area (Å²) in [5.41, 5.74) is 0. The number of rotatable bonds is 52. The number of carbonyl (C=O) groups is 3. The molecule has 0 heterocycles. The second-order valence-corrected chi connectivity index (χ2v) is 19.2. The van der Waals surface area contributed by atoms with Crippen LogP contribution in [-0.2, 0) is 28.6 Å². The fourth-order valence-corrected chi connectivity index (χ4v) is 8.62. The molecule has 0 rings (SSSR count). The van der Waals surface area contributed by atoms with Crippen molar-refractivity contribution in [2.24, 2.45) is 0 Å². The minimum absolute atomic E-state index is 0.0612. The minimum Gasteiger partial charge on any atom is -0.462 e. The zero-order chi connectivity index (χ0) is 45.1. The van der Waals surface area contributed by atoms with E-state index in [-0.39, 0.29) is 31.1 Å². The average Bonchev–Trinajstić information content (AvgIpc) is 3.27. The monoisotopic (exact) mass is 877 g/mol. The van der Waals surface area contributed by atoms with E-state index in [4.69, 9.17) is 14.2 Å². The van der Waals surface area contributed by atoms with Crippen LogP contribution in [0.2, 0.25) is 0 Å². The standard InChI is InChI=1S/C56H108O6/c1-4-7-10-13-16-19-22-25-27-29-32-34-37-40-43-46-49-55(58)61-52-53(62-56(59)50-47-44-41-38-35-30-24-21-18-15-12-9-6-3)51-60-54(57)48-45-42-39-36-33-31-28-26-23-20-17-14-11-8-5-2/h53H,4-52H2,1-3H3/t53-/m1/s1. The largest absolute Gasteiger partial charge is 0.462 e. The molecule has 0 bridgehead atoms. The van der Waals surface area contributed by atoms with Gasteiger partial charge in [0, 0.05) is 19.3 Å². The van der Waals surface area contributed by atoms with Crippen molar-refractivity contribution in [3.05, 3.63) is 0 Å². The van der Waals surface area contributed by atoms with E-state index in [1.54, 1.807) is 0 Å². The minimum atomic E-state index is -0.760.